The van der Waals surface area contributed by atoms with Gasteiger partial charge in [-0.2, -0.15) is 0 Å². The Balaban J connectivity index is 1.97. The molecular formula is C14H11FN3S+. The molecule has 19 heavy (non-hydrogen) atoms. The maximum absolute atomic E-state index is 12.8. The lowest BCUT2D eigenvalue weighted by molar-refractivity contribution is -0.627. The van der Waals surface area contributed by atoms with E-state index >= 15 is 0 Å². The largest absolute Gasteiger partial charge is 0.409 e. The quantitative estimate of drug-likeness (QED) is 0.492. The van der Waals surface area contributed by atoms with Gasteiger partial charge in [0.1, 0.15) is 17.0 Å². The minimum Gasteiger partial charge on any atom is -0.214 e. The summed E-state index contributed by atoms with van der Waals surface area (Å²) in [5, 5.41) is 9.16. The van der Waals surface area contributed by atoms with E-state index in [9.17, 15) is 4.39 Å². The van der Waals surface area contributed by atoms with Crippen molar-refractivity contribution in [2.24, 2.45) is 17.3 Å². The molecule has 3 nitrogen and oxygen atoms in total. The van der Waals surface area contributed by atoms with Gasteiger partial charge < -0.3 is 0 Å². The van der Waals surface area contributed by atoms with Gasteiger partial charge in [0.2, 0.25) is 0 Å². The number of halogens is 1. The molecule has 0 amide bonds. The molecule has 0 saturated heterocycles. The van der Waals surface area contributed by atoms with Crippen molar-refractivity contribution in [2.45, 2.75) is 0 Å². The molecule has 0 atom stereocenters. The van der Waals surface area contributed by atoms with Crippen LogP contribution in [0.2, 0.25) is 0 Å². The first kappa shape index (κ1) is 11.9. The van der Waals surface area contributed by atoms with E-state index < -0.39 is 0 Å². The number of hydrogen-bond acceptors (Lipinski definition) is 3. The Bertz CT molecular complexity index is 747. The van der Waals surface area contributed by atoms with Crippen LogP contribution < -0.4 is 4.57 Å². The normalized spacial score (nSPS) is 11.5. The number of azo groups is 1. The predicted octanol–water partition coefficient (Wildman–Crippen LogP) is 4.28. The molecule has 0 radical (unpaired) electrons. The highest BCUT2D eigenvalue weighted by Crippen LogP contribution is 2.26. The van der Waals surface area contributed by atoms with Gasteiger partial charge in [0, 0.05) is 0 Å². The van der Waals surface area contributed by atoms with E-state index in [4.69, 9.17) is 0 Å². The average molecular weight is 272 g/mol. The van der Waals surface area contributed by atoms with Crippen LogP contribution in [-0.4, -0.2) is 0 Å². The first-order chi connectivity index (χ1) is 9.24. The third-order valence-corrected chi connectivity index (χ3v) is 3.90. The van der Waals surface area contributed by atoms with E-state index in [2.05, 4.69) is 16.3 Å². The summed E-state index contributed by atoms with van der Waals surface area (Å²) in [5.41, 5.74) is 1.76. The molecule has 3 rings (SSSR count). The number of para-hydroxylation sites is 1. The van der Waals surface area contributed by atoms with E-state index in [1.165, 1.54) is 12.1 Å². The topological polar surface area (TPSA) is 28.6 Å². The van der Waals surface area contributed by atoms with Crippen LogP contribution in [0.4, 0.5) is 15.2 Å². The maximum atomic E-state index is 12.8. The van der Waals surface area contributed by atoms with Gasteiger partial charge in [-0.3, -0.25) is 0 Å². The minimum atomic E-state index is -0.272. The van der Waals surface area contributed by atoms with Crippen molar-refractivity contribution in [3.05, 3.63) is 54.3 Å². The average Bonchev–Trinajstić information content (AvgIpc) is 2.76. The summed E-state index contributed by atoms with van der Waals surface area (Å²) < 4.78 is 15.9. The van der Waals surface area contributed by atoms with Crippen LogP contribution in [0.5, 0.6) is 0 Å². The lowest BCUT2D eigenvalue weighted by Crippen LogP contribution is -2.25. The highest BCUT2D eigenvalue weighted by atomic mass is 32.1. The van der Waals surface area contributed by atoms with Crippen LogP contribution in [0.1, 0.15) is 0 Å². The van der Waals surface area contributed by atoms with Crippen molar-refractivity contribution >= 4 is 32.4 Å². The smallest absolute Gasteiger partial charge is 0.214 e. The van der Waals surface area contributed by atoms with Gasteiger partial charge in [-0.25, -0.2) is 8.96 Å². The first-order valence-corrected chi connectivity index (χ1v) is 6.60. The summed E-state index contributed by atoms with van der Waals surface area (Å²) >= 11 is 1.57. The monoisotopic (exact) mass is 272 g/mol. The molecule has 0 aliphatic heterocycles. The van der Waals surface area contributed by atoms with Gasteiger partial charge >= 0.3 is 5.13 Å². The molecule has 0 aliphatic carbocycles. The molecular weight excluding hydrogens is 261 g/mol. The number of fused-ring (bicyclic) bond motifs is 1. The molecule has 2 aromatic carbocycles. The van der Waals surface area contributed by atoms with Crippen molar-refractivity contribution in [1.29, 1.82) is 0 Å². The van der Waals surface area contributed by atoms with Gasteiger partial charge in [-0.05, 0) is 52.8 Å². The maximum Gasteiger partial charge on any atom is 0.409 e. The van der Waals surface area contributed by atoms with Crippen LogP contribution in [0.25, 0.3) is 10.2 Å². The standard InChI is InChI=1S/C14H11FN3S/c1-18-12-4-2-3-5-13(12)19-14(18)17-16-11-8-6-10(15)7-9-11/h2-9H,1H3/q+1. The molecule has 1 heterocycles. The molecule has 0 unspecified atom stereocenters. The zero-order valence-corrected chi connectivity index (χ0v) is 11.1. The number of thiazole rings is 1. The second-order valence-electron chi connectivity index (χ2n) is 4.09. The Morgan fingerprint density at radius 3 is 2.47 bits per heavy atom. The Hall–Kier alpha value is -2.14. The Kier molecular flexibility index (Phi) is 3.05. The third kappa shape index (κ3) is 2.37. The van der Waals surface area contributed by atoms with Gasteiger partial charge in [0.25, 0.3) is 0 Å². The first-order valence-electron chi connectivity index (χ1n) is 5.79. The summed E-state index contributed by atoms with van der Waals surface area (Å²) in [7, 11) is 1.96. The molecule has 0 spiro atoms. The van der Waals surface area contributed by atoms with E-state index in [1.54, 1.807) is 23.5 Å². The molecule has 94 valence electrons. The number of aryl methyl sites for hydroxylation is 1. The Morgan fingerprint density at radius 2 is 1.74 bits per heavy atom. The number of nitrogens with zero attached hydrogens (tertiary/aromatic N) is 3. The molecule has 5 heteroatoms. The lowest BCUT2D eigenvalue weighted by atomic mass is 10.3. The van der Waals surface area contributed by atoms with E-state index in [-0.39, 0.29) is 5.82 Å². The fraction of sp³-hybridized carbons (Fsp3) is 0.0714. The van der Waals surface area contributed by atoms with Crippen LogP contribution in [0, 0.1) is 5.82 Å². The lowest BCUT2D eigenvalue weighted by Gasteiger charge is -1.88. The fourth-order valence-corrected chi connectivity index (χ4v) is 2.76. The van der Waals surface area contributed by atoms with Gasteiger partial charge in [0.15, 0.2) is 0 Å². The molecule has 0 bridgehead atoms. The molecule has 1 aromatic heterocycles. The summed E-state index contributed by atoms with van der Waals surface area (Å²) in [6.07, 6.45) is 0. The third-order valence-electron chi connectivity index (χ3n) is 2.79. The Labute approximate surface area is 113 Å². The molecule has 0 aliphatic rings. The number of hydrogen-bond donors (Lipinski definition) is 0. The Morgan fingerprint density at radius 1 is 1.00 bits per heavy atom. The van der Waals surface area contributed by atoms with E-state index in [0.717, 1.165) is 15.3 Å². The number of benzene rings is 2. The van der Waals surface area contributed by atoms with Crippen LogP contribution in [0.3, 0.4) is 0 Å². The number of rotatable bonds is 2. The van der Waals surface area contributed by atoms with Crippen molar-refractivity contribution in [3.63, 3.8) is 0 Å². The summed E-state index contributed by atoms with van der Waals surface area (Å²) in [6.45, 7) is 0. The van der Waals surface area contributed by atoms with Gasteiger partial charge in [0.05, 0.1) is 16.9 Å². The van der Waals surface area contributed by atoms with Crippen molar-refractivity contribution < 1.29 is 8.96 Å². The predicted molar refractivity (Wildman–Crippen MR) is 73.6 cm³/mol. The highest BCUT2D eigenvalue weighted by Gasteiger charge is 2.15. The van der Waals surface area contributed by atoms with Crippen LogP contribution in [-0.2, 0) is 7.05 Å². The van der Waals surface area contributed by atoms with Gasteiger partial charge in [-0.15, -0.1) is 0 Å². The summed E-state index contributed by atoms with van der Waals surface area (Å²) in [5.74, 6) is -0.272. The highest BCUT2D eigenvalue weighted by molar-refractivity contribution is 7.21. The fourth-order valence-electron chi connectivity index (χ4n) is 1.79. The molecule has 3 aromatic rings. The van der Waals surface area contributed by atoms with Crippen LogP contribution >= 0.6 is 11.3 Å². The van der Waals surface area contributed by atoms with Crippen molar-refractivity contribution in [2.75, 3.05) is 0 Å². The number of aromatic nitrogens is 1. The SMILES string of the molecule is C[n+]1c(N=Nc2ccc(F)cc2)sc2ccccc21. The zero-order valence-electron chi connectivity index (χ0n) is 10.2. The summed E-state index contributed by atoms with van der Waals surface area (Å²) in [4.78, 5) is 0. The molecule has 0 N–H and O–H groups in total. The molecule has 0 fully saturated rings. The van der Waals surface area contributed by atoms with Crippen LogP contribution in [0.15, 0.2) is 58.8 Å². The van der Waals surface area contributed by atoms with E-state index in [1.807, 2.05) is 29.8 Å². The second-order valence-corrected chi connectivity index (χ2v) is 5.10. The molecule has 0 saturated carbocycles. The van der Waals surface area contributed by atoms with Gasteiger partial charge in [-0.1, -0.05) is 12.1 Å². The van der Waals surface area contributed by atoms with Crippen molar-refractivity contribution in [3.8, 4) is 0 Å². The minimum absolute atomic E-state index is 0.272. The van der Waals surface area contributed by atoms with E-state index in [0.29, 0.717) is 5.69 Å². The second kappa shape index (κ2) is 4.85. The summed E-state index contributed by atoms with van der Waals surface area (Å²) in [6, 6.07) is 14.0. The van der Waals surface area contributed by atoms with Crippen molar-refractivity contribution in [1.82, 2.24) is 0 Å². The zero-order chi connectivity index (χ0) is 13.2.